The van der Waals surface area contributed by atoms with Gasteiger partial charge in [-0.25, -0.2) is 0 Å². The molecule has 3 heteroatoms. The van der Waals surface area contributed by atoms with Crippen molar-refractivity contribution in [2.24, 2.45) is 5.92 Å². The molecule has 0 fully saturated rings. The van der Waals surface area contributed by atoms with E-state index in [1.807, 2.05) is 12.1 Å². The zero-order valence-electron chi connectivity index (χ0n) is 13.7. The first-order chi connectivity index (χ1) is 9.47. The van der Waals surface area contributed by atoms with E-state index in [1.165, 1.54) is 18.4 Å². The maximum absolute atomic E-state index is 5.47. The van der Waals surface area contributed by atoms with Crippen LogP contribution in [0.25, 0.3) is 0 Å². The second kappa shape index (κ2) is 8.15. The molecule has 2 unspecified atom stereocenters. The third kappa shape index (κ3) is 5.04. The highest BCUT2D eigenvalue weighted by molar-refractivity contribution is 5.42. The molecular weight excluding hydrogens is 250 g/mol. The lowest BCUT2D eigenvalue weighted by Crippen LogP contribution is -2.29. The Morgan fingerprint density at radius 1 is 1.00 bits per heavy atom. The lowest BCUT2D eigenvalue weighted by molar-refractivity contribution is 0.376. The molecule has 0 aliphatic heterocycles. The number of hydrogen-bond donors (Lipinski definition) is 1. The highest BCUT2D eigenvalue weighted by Crippen LogP contribution is 2.29. The summed E-state index contributed by atoms with van der Waals surface area (Å²) in [4.78, 5) is 0. The number of benzene rings is 1. The molecule has 3 nitrogen and oxygen atoms in total. The summed E-state index contributed by atoms with van der Waals surface area (Å²) >= 11 is 0. The summed E-state index contributed by atoms with van der Waals surface area (Å²) in [5.41, 5.74) is 1.17. The molecule has 1 rings (SSSR count). The van der Waals surface area contributed by atoms with Gasteiger partial charge in [0.1, 0.15) is 11.5 Å². The van der Waals surface area contributed by atoms with Crippen LogP contribution in [0.2, 0.25) is 0 Å². The van der Waals surface area contributed by atoms with Crippen molar-refractivity contribution in [2.75, 3.05) is 14.2 Å². The average molecular weight is 279 g/mol. The van der Waals surface area contributed by atoms with Gasteiger partial charge in [0.15, 0.2) is 0 Å². The van der Waals surface area contributed by atoms with E-state index in [4.69, 9.17) is 9.47 Å². The quantitative estimate of drug-likeness (QED) is 0.774. The Bertz CT molecular complexity index is 404. The van der Waals surface area contributed by atoms with Crippen LogP contribution in [0.1, 0.15) is 52.1 Å². The minimum atomic E-state index is 0.262. The summed E-state index contributed by atoms with van der Waals surface area (Å²) in [7, 11) is 3.37. The van der Waals surface area contributed by atoms with E-state index in [-0.39, 0.29) is 6.04 Å². The largest absolute Gasteiger partial charge is 0.497 e. The molecule has 0 saturated heterocycles. The van der Waals surface area contributed by atoms with Crippen molar-refractivity contribution < 1.29 is 9.47 Å². The predicted molar refractivity (Wildman–Crippen MR) is 84.6 cm³/mol. The maximum atomic E-state index is 5.47. The van der Waals surface area contributed by atoms with E-state index in [2.05, 4.69) is 39.1 Å². The summed E-state index contributed by atoms with van der Waals surface area (Å²) < 4.78 is 10.7. The number of hydrogen-bond acceptors (Lipinski definition) is 3. The Morgan fingerprint density at radius 2 is 1.70 bits per heavy atom. The van der Waals surface area contributed by atoms with Crippen molar-refractivity contribution in [3.05, 3.63) is 23.8 Å². The van der Waals surface area contributed by atoms with Crippen molar-refractivity contribution in [2.45, 2.75) is 52.6 Å². The Morgan fingerprint density at radius 3 is 2.25 bits per heavy atom. The first-order valence-electron chi connectivity index (χ1n) is 7.45. The first kappa shape index (κ1) is 16.8. The SMILES string of the molecule is COc1ccc(C(C)NC(C)CCC(C)C)c(OC)c1. The van der Waals surface area contributed by atoms with Gasteiger partial charge in [-0.2, -0.15) is 0 Å². The van der Waals surface area contributed by atoms with Crippen LogP contribution in [-0.2, 0) is 0 Å². The fourth-order valence-electron chi connectivity index (χ4n) is 2.36. The van der Waals surface area contributed by atoms with Crippen LogP contribution >= 0.6 is 0 Å². The molecule has 0 saturated carbocycles. The molecular formula is C17H29NO2. The summed E-state index contributed by atoms with van der Waals surface area (Å²) in [5, 5.41) is 3.64. The monoisotopic (exact) mass is 279 g/mol. The second-order valence-corrected chi connectivity index (χ2v) is 5.87. The molecule has 1 N–H and O–H groups in total. The van der Waals surface area contributed by atoms with Crippen LogP contribution in [-0.4, -0.2) is 20.3 Å². The normalized spacial score (nSPS) is 14.2. The standard InChI is InChI=1S/C17H29NO2/c1-12(2)7-8-13(3)18-14(4)16-10-9-15(19-5)11-17(16)20-6/h9-14,18H,7-8H2,1-6H3. The number of rotatable bonds is 8. The van der Waals surface area contributed by atoms with Crippen LogP contribution in [0.5, 0.6) is 11.5 Å². The van der Waals surface area contributed by atoms with Crippen molar-refractivity contribution in [1.29, 1.82) is 0 Å². The summed E-state index contributed by atoms with van der Waals surface area (Å²) in [5.74, 6) is 2.45. The molecule has 0 heterocycles. The Kier molecular flexibility index (Phi) is 6.86. The number of methoxy groups -OCH3 is 2. The second-order valence-electron chi connectivity index (χ2n) is 5.87. The fourth-order valence-corrected chi connectivity index (χ4v) is 2.36. The molecule has 1 aromatic carbocycles. The third-order valence-corrected chi connectivity index (χ3v) is 3.62. The van der Waals surface area contributed by atoms with Crippen LogP contribution in [0, 0.1) is 5.92 Å². The Hall–Kier alpha value is -1.22. The summed E-state index contributed by atoms with van der Waals surface area (Å²) in [6, 6.07) is 6.75. The predicted octanol–water partition coefficient (Wildman–Crippen LogP) is 4.18. The molecule has 0 spiro atoms. The van der Waals surface area contributed by atoms with E-state index >= 15 is 0 Å². The molecule has 0 amide bonds. The third-order valence-electron chi connectivity index (χ3n) is 3.62. The lowest BCUT2D eigenvalue weighted by atomic mass is 10.0. The summed E-state index contributed by atoms with van der Waals surface area (Å²) in [6.45, 7) is 8.95. The zero-order valence-corrected chi connectivity index (χ0v) is 13.7. The minimum absolute atomic E-state index is 0.262. The van der Waals surface area contributed by atoms with Gasteiger partial charge >= 0.3 is 0 Å². The van der Waals surface area contributed by atoms with Gasteiger partial charge in [-0.3, -0.25) is 0 Å². The van der Waals surface area contributed by atoms with E-state index in [1.54, 1.807) is 14.2 Å². The molecule has 0 aliphatic rings. The van der Waals surface area contributed by atoms with Crippen LogP contribution in [0.4, 0.5) is 0 Å². The topological polar surface area (TPSA) is 30.5 Å². The van der Waals surface area contributed by atoms with Gasteiger partial charge < -0.3 is 14.8 Å². The Balaban J connectivity index is 2.69. The molecule has 1 aromatic rings. The van der Waals surface area contributed by atoms with Crippen molar-refractivity contribution in [3.63, 3.8) is 0 Å². The molecule has 0 radical (unpaired) electrons. The average Bonchev–Trinajstić information content (AvgIpc) is 2.44. The lowest BCUT2D eigenvalue weighted by Gasteiger charge is -2.23. The fraction of sp³-hybridized carbons (Fsp3) is 0.647. The van der Waals surface area contributed by atoms with Crippen LogP contribution in [0.3, 0.4) is 0 Å². The Labute approximate surface area is 123 Å². The van der Waals surface area contributed by atoms with Gasteiger partial charge in [-0.1, -0.05) is 19.9 Å². The van der Waals surface area contributed by atoms with Crippen LogP contribution < -0.4 is 14.8 Å². The highest BCUT2D eigenvalue weighted by atomic mass is 16.5. The smallest absolute Gasteiger partial charge is 0.127 e. The van der Waals surface area contributed by atoms with Gasteiger partial charge in [0.05, 0.1) is 14.2 Å². The minimum Gasteiger partial charge on any atom is -0.497 e. The molecule has 0 aliphatic carbocycles. The van der Waals surface area contributed by atoms with Gasteiger partial charge in [0.25, 0.3) is 0 Å². The number of ether oxygens (including phenoxy) is 2. The molecule has 20 heavy (non-hydrogen) atoms. The first-order valence-corrected chi connectivity index (χ1v) is 7.45. The van der Waals surface area contributed by atoms with Crippen LogP contribution in [0.15, 0.2) is 18.2 Å². The maximum Gasteiger partial charge on any atom is 0.127 e. The molecule has 2 atom stereocenters. The van der Waals surface area contributed by atoms with Crippen molar-refractivity contribution in [3.8, 4) is 11.5 Å². The van der Waals surface area contributed by atoms with Crippen molar-refractivity contribution >= 4 is 0 Å². The summed E-state index contributed by atoms with van der Waals surface area (Å²) in [6.07, 6.45) is 2.45. The van der Waals surface area contributed by atoms with Gasteiger partial charge in [-0.05, 0) is 38.7 Å². The van der Waals surface area contributed by atoms with Crippen molar-refractivity contribution in [1.82, 2.24) is 5.32 Å². The molecule has 114 valence electrons. The molecule has 0 aromatic heterocycles. The van der Waals surface area contributed by atoms with E-state index in [9.17, 15) is 0 Å². The number of nitrogens with one attached hydrogen (secondary N) is 1. The zero-order chi connectivity index (χ0) is 15.1. The van der Waals surface area contributed by atoms with E-state index in [0.717, 1.165) is 17.4 Å². The van der Waals surface area contributed by atoms with Gasteiger partial charge in [0, 0.05) is 23.7 Å². The highest BCUT2D eigenvalue weighted by Gasteiger charge is 2.14. The van der Waals surface area contributed by atoms with E-state index in [0.29, 0.717) is 6.04 Å². The van der Waals surface area contributed by atoms with E-state index < -0.39 is 0 Å². The molecule has 0 bridgehead atoms. The van der Waals surface area contributed by atoms with Gasteiger partial charge in [-0.15, -0.1) is 0 Å². The van der Waals surface area contributed by atoms with Gasteiger partial charge in [0.2, 0.25) is 0 Å².